The molecule has 0 N–H and O–H groups in total. The maximum atomic E-state index is 1.59. The van der Waals surface area contributed by atoms with Gasteiger partial charge in [0.2, 0.25) is 0 Å². The van der Waals surface area contributed by atoms with Crippen LogP contribution >= 0.6 is 0 Å². The molecule has 0 nitrogen and oxygen atoms in total. The molecule has 0 heterocycles. The highest BCUT2D eigenvalue weighted by Gasteiger charge is 2.40. The van der Waals surface area contributed by atoms with Crippen LogP contribution in [0.1, 0.15) is 79.1 Å². The SMILES string of the molecule is C.C.C1CCC2C(C1)CCC1CCCCC12.[B]. The Balaban J connectivity index is 0.000000853. The van der Waals surface area contributed by atoms with E-state index in [1.807, 2.05) is 0 Å². The topological polar surface area (TPSA) is 0 Å². The van der Waals surface area contributed by atoms with Gasteiger partial charge in [0.25, 0.3) is 0 Å². The summed E-state index contributed by atoms with van der Waals surface area (Å²) in [4.78, 5) is 0. The summed E-state index contributed by atoms with van der Waals surface area (Å²) in [5.74, 6) is 4.65. The highest BCUT2D eigenvalue weighted by molar-refractivity contribution is 5.75. The van der Waals surface area contributed by atoms with Gasteiger partial charge in [-0.3, -0.25) is 0 Å². The van der Waals surface area contributed by atoms with Gasteiger partial charge in [0.05, 0.1) is 0 Å². The van der Waals surface area contributed by atoms with Gasteiger partial charge in [0.15, 0.2) is 0 Å². The third-order valence-corrected chi connectivity index (χ3v) is 5.39. The molecule has 99 valence electrons. The smallest absolute Gasteiger partial charge is 0 e. The molecular formula is C16H32B. The lowest BCUT2D eigenvalue weighted by atomic mass is 9.58. The van der Waals surface area contributed by atoms with Crippen LogP contribution in [-0.4, -0.2) is 8.41 Å². The molecule has 0 amide bonds. The molecule has 3 aliphatic rings. The summed E-state index contributed by atoms with van der Waals surface area (Å²) in [6.07, 6.45) is 15.7. The fraction of sp³-hybridized carbons (Fsp3) is 1.00. The molecule has 0 aromatic heterocycles. The predicted octanol–water partition coefficient (Wildman–Crippen LogP) is 5.28. The Morgan fingerprint density at radius 3 is 1.24 bits per heavy atom. The van der Waals surface area contributed by atoms with Crippen molar-refractivity contribution >= 4 is 8.41 Å². The normalized spacial score (nSPS) is 39.5. The fourth-order valence-electron chi connectivity index (χ4n) is 4.74. The van der Waals surface area contributed by atoms with Crippen molar-refractivity contribution in [3.63, 3.8) is 0 Å². The van der Waals surface area contributed by atoms with E-state index in [0.29, 0.717) is 0 Å². The van der Waals surface area contributed by atoms with E-state index < -0.39 is 0 Å². The summed E-state index contributed by atoms with van der Waals surface area (Å²) >= 11 is 0. The molecule has 0 aliphatic heterocycles. The van der Waals surface area contributed by atoms with Gasteiger partial charge < -0.3 is 0 Å². The minimum absolute atomic E-state index is 0. The largest absolute Gasteiger partial charge is 0.0776 e. The number of fused-ring (bicyclic) bond motifs is 3. The summed E-state index contributed by atoms with van der Waals surface area (Å²) in [6.45, 7) is 0. The average molecular weight is 235 g/mol. The minimum Gasteiger partial charge on any atom is -0.0776 e. The highest BCUT2D eigenvalue weighted by atomic mass is 14.5. The van der Waals surface area contributed by atoms with E-state index in [9.17, 15) is 0 Å². The number of rotatable bonds is 0. The summed E-state index contributed by atoms with van der Waals surface area (Å²) in [5.41, 5.74) is 0. The predicted molar refractivity (Wildman–Crippen MR) is 79.3 cm³/mol. The van der Waals surface area contributed by atoms with Gasteiger partial charge in [0.1, 0.15) is 0 Å². The van der Waals surface area contributed by atoms with Crippen LogP contribution in [0.3, 0.4) is 0 Å². The van der Waals surface area contributed by atoms with E-state index in [2.05, 4.69) is 0 Å². The van der Waals surface area contributed by atoms with E-state index in [1.54, 1.807) is 64.2 Å². The Bertz CT molecular complexity index is 180. The second-order valence-corrected chi connectivity index (χ2v) is 5.99. The molecule has 17 heavy (non-hydrogen) atoms. The molecule has 0 aromatic carbocycles. The molecule has 3 fully saturated rings. The van der Waals surface area contributed by atoms with Gasteiger partial charge in [-0.2, -0.15) is 0 Å². The van der Waals surface area contributed by atoms with Crippen molar-refractivity contribution in [1.29, 1.82) is 0 Å². The summed E-state index contributed by atoms with van der Waals surface area (Å²) in [6, 6.07) is 0. The lowest BCUT2D eigenvalue weighted by Gasteiger charge is -2.48. The van der Waals surface area contributed by atoms with E-state index in [4.69, 9.17) is 0 Å². The van der Waals surface area contributed by atoms with E-state index in [0.717, 1.165) is 11.8 Å². The zero-order valence-corrected chi connectivity index (χ0v) is 9.96. The Morgan fingerprint density at radius 2 is 0.824 bits per heavy atom. The molecule has 3 rings (SSSR count). The van der Waals surface area contributed by atoms with E-state index in [-0.39, 0.29) is 23.3 Å². The quantitative estimate of drug-likeness (QED) is 0.501. The Hall–Kier alpha value is 0.0649. The molecule has 3 saturated carbocycles. The van der Waals surface area contributed by atoms with Crippen molar-refractivity contribution in [2.24, 2.45) is 23.7 Å². The van der Waals surface area contributed by atoms with Gasteiger partial charge in [-0.25, -0.2) is 0 Å². The summed E-state index contributed by atoms with van der Waals surface area (Å²) in [7, 11) is 0. The minimum atomic E-state index is 0. The molecule has 1 heteroatoms. The summed E-state index contributed by atoms with van der Waals surface area (Å²) < 4.78 is 0. The Kier molecular flexibility index (Phi) is 7.52. The molecule has 0 bridgehead atoms. The van der Waals surface area contributed by atoms with Crippen molar-refractivity contribution in [2.45, 2.75) is 79.1 Å². The van der Waals surface area contributed by atoms with Gasteiger partial charge in [-0.05, 0) is 49.4 Å². The zero-order chi connectivity index (χ0) is 9.38. The standard InChI is InChI=1S/C14H24.2CH4.B/c1-3-7-13-11(5-1)9-10-12-6-2-4-8-14(12)13;;;/h11-14H,1-10H2;2*1H4;. The third-order valence-electron chi connectivity index (χ3n) is 5.39. The van der Waals surface area contributed by atoms with Crippen LogP contribution in [-0.2, 0) is 0 Å². The first-order valence-electron chi connectivity index (χ1n) is 6.95. The highest BCUT2D eigenvalue weighted by Crippen LogP contribution is 2.51. The molecule has 0 aromatic rings. The van der Waals surface area contributed by atoms with Crippen LogP contribution < -0.4 is 0 Å². The fourth-order valence-corrected chi connectivity index (χ4v) is 4.74. The number of hydrogen-bond acceptors (Lipinski definition) is 0. The maximum absolute atomic E-state index is 1.59. The molecule has 3 radical (unpaired) electrons. The Labute approximate surface area is 112 Å². The van der Waals surface area contributed by atoms with Gasteiger partial charge in [0, 0.05) is 8.41 Å². The lowest BCUT2D eigenvalue weighted by Crippen LogP contribution is -2.38. The van der Waals surface area contributed by atoms with Gasteiger partial charge >= 0.3 is 0 Å². The van der Waals surface area contributed by atoms with Crippen LogP contribution in [0.5, 0.6) is 0 Å². The maximum Gasteiger partial charge on any atom is 0 e. The first kappa shape index (κ1) is 17.1. The average Bonchev–Trinajstić information content (AvgIpc) is 2.29. The van der Waals surface area contributed by atoms with E-state index >= 15 is 0 Å². The molecule has 3 aliphatic carbocycles. The van der Waals surface area contributed by atoms with Gasteiger partial charge in [-0.15, -0.1) is 0 Å². The van der Waals surface area contributed by atoms with Crippen molar-refractivity contribution in [2.75, 3.05) is 0 Å². The molecular weight excluding hydrogens is 203 g/mol. The van der Waals surface area contributed by atoms with Crippen molar-refractivity contribution in [3.8, 4) is 0 Å². The van der Waals surface area contributed by atoms with Crippen LogP contribution in [0.2, 0.25) is 0 Å². The van der Waals surface area contributed by atoms with Crippen LogP contribution in [0.25, 0.3) is 0 Å². The molecule has 4 atom stereocenters. The van der Waals surface area contributed by atoms with Gasteiger partial charge in [-0.1, -0.05) is 53.4 Å². The summed E-state index contributed by atoms with van der Waals surface area (Å²) in [5, 5.41) is 0. The monoisotopic (exact) mass is 235 g/mol. The second-order valence-electron chi connectivity index (χ2n) is 5.99. The number of hydrogen-bond donors (Lipinski definition) is 0. The zero-order valence-electron chi connectivity index (χ0n) is 9.96. The second kappa shape index (κ2) is 7.49. The van der Waals surface area contributed by atoms with Crippen molar-refractivity contribution in [3.05, 3.63) is 0 Å². The van der Waals surface area contributed by atoms with E-state index in [1.165, 1.54) is 11.8 Å². The van der Waals surface area contributed by atoms with Crippen molar-refractivity contribution < 1.29 is 0 Å². The van der Waals surface area contributed by atoms with Crippen LogP contribution in [0.4, 0.5) is 0 Å². The Morgan fingerprint density at radius 1 is 0.471 bits per heavy atom. The molecule has 0 spiro atoms. The molecule has 4 unspecified atom stereocenters. The first-order chi connectivity index (χ1) is 6.95. The third kappa shape index (κ3) is 3.29. The van der Waals surface area contributed by atoms with Crippen molar-refractivity contribution in [1.82, 2.24) is 0 Å². The van der Waals surface area contributed by atoms with Crippen LogP contribution in [0, 0.1) is 23.7 Å². The first-order valence-corrected chi connectivity index (χ1v) is 6.95. The van der Waals surface area contributed by atoms with Crippen LogP contribution in [0.15, 0.2) is 0 Å². The molecule has 0 saturated heterocycles. The lowest BCUT2D eigenvalue weighted by molar-refractivity contribution is 0.0278.